The van der Waals surface area contributed by atoms with Crippen molar-refractivity contribution in [2.24, 2.45) is 0 Å². The molecule has 0 N–H and O–H groups in total. The fourth-order valence-electron chi connectivity index (χ4n) is 1.36. The molecule has 1 rings (SSSR count). The molecule has 18 heavy (non-hydrogen) atoms. The van der Waals surface area contributed by atoms with Crippen LogP contribution in [-0.4, -0.2) is 17.6 Å². The van der Waals surface area contributed by atoms with Crippen LogP contribution in [-0.2, 0) is 21.8 Å². The molecule has 0 saturated carbocycles. The maximum Gasteiger partial charge on any atom is 0.311 e. The number of rotatable bonds is 5. The number of nitrogens with zero attached hydrogens (tertiary/aromatic N) is 1. The van der Waals surface area contributed by atoms with E-state index in [2.05, 4.69) is 4.98 Å². The van der Waals surface area contributed by atoms with E-state index in [0.29, 0.717) is 5.56 Å². The lowest BCUT2D eigenvalue weighted by molar-refractivity contribution is -0.142. The summed E-state index contributed by atoms with van der Waals surface area (Å²) in [6.45, 7) is 1.87. The number of halogens is 4. The van der Waals surface area contributed by atoms with Gasteiger partial charge >= 0.3 is 5.97 Å². The second kappa shape index (κ2) is 6.85. The van der Waals surface area contributed by atoms with E-state index >= 15 is 0 Å². The molecule has 1 heterocycles. The summed E-state index contributed by atoms with van der Waals surface area (Å²) in [4.78, 5) is 14.9. The zero-order valence-corrected chi connectivity index (χ0v) is 11.1. The average Bonchev–Trinajstić information content (AvgIpc) is 2.31. The SMILES string of the molecule is CCOC(=O)Cc1cc(CCl)c(Cl)c(C(F)F)n1. The molecule has 3 nitrogen and oxygen atoms in total. The first-order valence-corrected chi connectivity index (χ1v) is 6.08. The quantitative estimate of drug-likeness (QED) is 0.617. The minimum absolute atomic E-state index is 0.0309. The number of pyridine rings is 1. The molecule has 0 aliphatic rings. The van der Waals surface area contributed by atoms with Crippen LogP contribution in [0.3, 0.4) is 0 Å². The van der Waals surface area contributed by atoms with Gasteiger partial charge in [-0.05, 0) is 18.6 Å². The second-order valence-electron chi connectivity index (χ2n) is 3.39. The predicted molar refractivity (Wildman–Crippen MR) is 64.1 cm³/mol. The van der Waals surface area contributed by atoms with Crippen LogP contribution in [0.1, 0.15) is 30.3 Å². The minimum atomic E-state index is -2.82. The van der Waals surface area contributed by atoms with Crippen molar-refractivity contribution in [2.45, 2.75) is 25.7 Å². The highest BCUT2D eigenvalue weighted by atomic mass is 35.5. The number of ether oxygens (including phenoxy) is 1. The molecule has 1 aromatic heterocycles. The third kappa shape index (κ3) is 3.78. The third-order valence-electron chi connectivity index (χ3n) is 2.09. The number of hydrogen-bond donors (Lipinski definition) is 0. The number of carbonyl (C=O) groups excluding carboxylic acids is 1. The molecular formula is C11H11Cl2F2NO2. The van der Waals surface area contributed by atoms with E-state index in [1.54, 1.807) is 6.92 Å². The van der Waals surface area contributed by atoms with Gasteiger partial charge in [-0.2, -0.15) is 0 Å². The Kier molecular flexibility index (Phi) is 5.75. The van der Waals surface area contributed by atoms with E-state index in [1.165, 1.54) is 6.07 Å². The number of hydrogen-bond acceptors (Lipinski definition) is 3. The van der Waals surface area contributed by atoms with Crippen molar-refractivity contribution in [3.8, 4) is 0 Å². The highest BCUT2D eigenvalue weighted by Crippen LogP contribution is 2.29. The molecule has 0 saturated heterocycles. The van der Waals surface area contributed by atoms with Gasteiger partial charge in [-0.25, -0.2) is 13.8 Å². The monoisotopic (exact) mass is 297 g/mol. The van der Waals surface area contributed by atoms with Crippen molar-refractivity contribution in [1.82, 2.24) is 4.98 Å². The summed E-state index contributed by atoms with van der Waals surface area (Å²) in [5, 5.41) is -0.160. The number of aromatic nitrogens is 1. The first-order chi connectivity index (χ1) is 8.49. The van der Waals surface area contributed by atoms with E-state index in [0.717, 1.165) is 0 Å². The van der Waals surface area contributed by atoms with Crippen LogP contribution in [0.25, 0.3) is 0 Å². The summed E-state index contributed by atoms with van der Waals surface area (Å²) >= 11 is 11.3. The lowest BCUT2D eigenvalue weighted by atomic mass is 10.1. The van der Waals surface area contributed by atoms with Gasteiger partial charge in [0.2, 0.25) is 0 Å². The molecule has 0 bridgehead atoms. The van der Waals surface area contributed by atoms with Gasteiger partial charge in [0, 0.05) is 5.88 Å². The van der Waals surface area contributed by atoms with Gasteiger partial charge in [0.15, 0.2) is 0 Å². The van der Waals surface area contributed by atoms with Crippen LogP contribution >= 0.6 is 23.2 Å². The van der Waals surface area contributed by atoms with Gasteiger partial charge in [0.05, 0.1) is 23.7 Å². The van der Waals surface area contributed by atoms with Crippen LogP contribution in [0.2, 0.25) is 5.02 Å². The zero-order valence-electron chi connectivity index (χ0n) is 9.55. The van der Waals surface area contributed by atoms with E-state index < -0.39 is 18.1 Å². The molecule has 7 heteroatoms. The summed E-state index contributed by atoms with van der Waals surface area (Å²) in [5.74, 6) is -0.565. The molecule has 0 amide bonds. The Morgan fingerprint density at radius 3 is 2.72 bits per heavy atom. The molecule has 0 unspecified atom stereocenters. The summed E-state index contributed by atoms with van der Waals surface area (Å²) in [7, 11) is 0. The Balaban J connectivity index is 3.06. The topological polar surface area (TPSA) is 39.2 Å². The Morgan fingerprint density at radius 1 is 1.56 bits per heavy atom. The molecule has 1 aromatic rings. The van der Waals surface area contributed by atoms with Crippen molar-refractivity contribution in [1.29, 1.82) is 0 Å². The maximum atomic E-state index is 12.7. The van der Waals surface area contributed by atoms with Crippen LogP contribution in [0, 0.1) is 0 Å². The standard InChI is InChI=1S/C11H11Cl2F2NO2/c1-2-18-8(17)4-7-3-6(5-12)9(13)10(16-7)11(14)15/h3,11H,2,4-5H2,1H3. The van der Waals surface area contributed by atoms with Gasteiger partial charge in [-0.1, -0.05) is 11.6 Å². The first-order valence-electron chi connectivity index (χ1n) is 5.17. The number of alkyl halides is 3. The van der Waals surface area contributed by atoms with Gasteiger partial charge in [0.25, 0.3) is 6.43 Å². The van der Waals surface area contributed by atoms with Crippen molar-refractivity contribution in [3.63, 3.8) is 0 Å². The van der Waals surface area contributed by atoms with Gasteiger partial charge in [-0.15, -0.1) is 11.6 Å². The van der Waals surface area contributed by atoms with Crippen molar-refractivity contribution < 1.29 is 18.3 Å². The minimum Gasteiger partial charge on any atom is -0.466 e. The van der Waals surface area contributed by atoms with E-state index in [9.17, 15) is 13.6 Å². The lowest BCUT2D eigenvalue weighted by Crippen LogP contribution is -2.10. The summed E-state index contributed by atoms with van der Waals surface area (Å²) in [6.07, 6.45) is -3.00. The van der Waals surface area contributed by atoms with E-state index in [-0.39, 0.29) is 29.6 Å². The smallest absolute Gasteiger partial charge is 0.311 e. The van der Waals surface area contributed by atoms with Gasteiger partial charge in [0.1, 0.15) is 5.69 Å². The van der Waals surface area contributed by atoms with Crippen molar-refractivity contribution >= 4 is 29.2 Å². The maximum absolute atomic E-state index is 12.7. The Labute approximate surface area is 113 Å². The largest absolute Gasteiger partial charge is 0.466 e. The van der Waals surface area contributed by atoms with Crippen molar-refractivity contribution in [2.75, 3.05) is 6.61 Å². The highest BCUT2D eigenvalue weighted by Gasteiger charge is 2.19. The summed E-state index contributed by atoms with van der Waals surface area (Å²) < 4.78 is 30.1. The van der Waals surface area contributed by atoms with E-state index in [1.807, 2.05) is 0 Å². The van der Waals surface area contributed by atoms with Crippen LogP contribution in [0.5, 0.6) is 0 Å². The van der Waals surface area contributed by atoms with Gasteiger partial charge in [-0.3, -0.25) is 4.79 Å². The second-order valence-corrected chi connectivity index (χ2v) is 4.03. The first kappa shape index (κ1) is 15.1. The average molecular weight is 298 g/mol. The summed E-state index contributed by atoms with van der Waals surface area (Å²) in [5.41, 5.74) is -0.0687. The molecule has 0 aromatic carbocycles. The molecular weight excluding hydrogens is 287 g/mol. The molecule has 0 fully saturated rings. The van der Waals surface area contributed by atoms with Crippen LogP contribution in [0.4, 0.5) is 8.78 Å². The third-order valence-corrected chi connectivity index (χ3v) is 2.82. The molecule has 0 spiro atoms. The summed E-state index contributed by atoms with van der Waals surface area (Å²) in [6, 6.07) is 1.43. The van der Waals surface area contributed by atoms with E-state index in [4.69, 9.17) is 27.9 Å². The highest BCUT2D eigenvalue weighted by molar-refractivity contribution is 6.32. The number of carbonyl (C=O) groups is 1. The van der Waals surface area contributed by atoms with Crippen LogP contribution in [0.15, 0.2) is 6.07 Å². The Hall–Kier alpha value is -0.940. The van der Waals surface area contributed by atoms with Crippen LogP contribution < -0.4 is 0 Å². The molecule has 100 valence electrons. The Bertz CT molecular complexity index is 441. The fraction of sp³-hybridized carbons (Fsp3) is 0.455. The predicted octanol–water partition coefficient (Wildman–Crippen LogP) is 3.52. The Morgan fingerprint density at radius 2 is 2.22 bits per heavy atom. The molecule has 0 radical (unpaired) electrons. The van der Waals surface area contributed by atoms with Gasteiger partial charge < -0.3 is 4.74 Å². The normalized spacial score (nSPS) is 10.8. The fourth-order valence-corrected chi connectivity index (χ4v) is 1.88. The lowest BCUT2D eigenvalue weighted by Gasteiger charge is -2.09. The number of esters is 1. The molecule has 0 aliphatic heterocycles. The molecule has 0 atom stereocenters. The molecule has 0 aliphatic carbocycles. The zero-order chi connectivity index (χ0) is 13.7. The van der Waals surface area contributed by atoms with Crippen molar-refractivity contribution in [3.05, 3.63) is 28.0 Å².